The fraction of sp³-hybridized carbons (Fsp3) is 0.596. The number of ketones is 3. The lowest BCUT2D eigenvalue weighted by Crippen LogP contribution is -2.66. The Kier molecular flexibility index (Phi) is 48.6. The molecule has 0 unspecified atom stereocenters. The maximum absolute atomic E-state index is 15.2. The van der Waals surface area contributed by atoms with Crippen LogP contribution in [0.4, 0.5) is 9.59 Å². The summed E-state index contributed by atoms with van der Waals surface area (Å²) in [5.41, 5.74) is -1.81. The molecule has 12 atom stereocenters. The van der Waals surface area contributed by atoms with Gasteiger partial charge in [0.2, 0.25) is 65.0 Å². The van der Waals surface area contributed by atoms with Gasteiger partial charge in [0.05, 0.1) is 49.4 Å². The van der Waals surface area contributed by atoms with Gasteiger partial charge in [-0.2, -0.15) is 47.0 Å². The fourth-order valence-corrected chi connectivity index (χ4v) is 23.5. The van der Waals surface area contributed by atoms with Crippen molar-refractivity contribution >= 4 is 230 Å². The number of ether oxygens (including phenoxy) is 2. The summed E-state index contributed by atoms with van der Waals surface area (Å²) in [5, 5.41) is 47.4. The summed E-state index contributed by atoms with van der Waals surface area (Å²) in [5.74, 6) is -14.6. The Morgan fingerprint density at radius 3 is 1.55 bits per heavy atom. The smallest absolute Gasteiger partial charge is 0.408 e. The zero-order chi connectivity index (χ0) is 110. The van der Waals surface area contributed by atoms with Gasteiger partial charge < -0.3 is 106 Å². The Balaban J connectivity index is 0.000000453. The van der Waals surface area contributed by atoms with Gasteiger partial charge in [-0.15, -0.1) is 0 Å². The molecule has 9 N–H and O–H groups in total. The lowest BCUT2D eigenvalue weighted by atomic mass is 9.97. The van der Waals surface area contributed by atoms with Gasteiger partial charge in [0, 0.05) is 180 Å². The third-order valence-electron chi connectivity index (χ3n) is 24.2. The normalized spacial score (nSPS) is 22.1. The minimum atomic E-state index is -1.48. The molecule has 2 bridgehead atoms. The minimum Gasteiger partial charge on any atom is -0.506 e. The number of hydrogen-bond donors (Lipinski definition) is 9. The van der Waals surface area contributed by atoms with E-state index in [0.29, 0.717) is 21.8 Å². The number of amides is 16. The topological polar surface area (TPSA) is 551 Å². The first-order valence-corrected chi connectivity index (χ1v) is 56.9. The van der Waals surface area contributed by atoms with Gasteiger partial charge in [0.15, 0.2) is 35.1 Å². The van der Waals surface area contributed by atoms with E-state index in [1.807, 2.05) is 0 Å². The lowest BCUT2D eigenvalue weighted by molar-refractivity contribution is -0.829. The molecule has 52 heteroatoms. The summed E-state index contributed by atoms with van der Waals surface area (Å²) in [6.45, 7) is 6.66. The summed E-state index contributed by atoms with van der Waals surface area (Å²) < 4.78 is 10.1. The average molecular weight is 2190 g/mol. The number of thioether (sulfide) groups is 4. The molecule has 0 spiro atoms. The highest BCUT2D eigenvalue weighted by molar-refractivity contribution is 8.77. The zero-order valence-electron chi connectivity index (χ0n) is 86.5. The van der Waals surface area contributed by atoms with Crippen molar-refractivity contribution in [2.24, 2.45) is 5.92 Å². The number of carboxylic acid groups (broad SMARTS) is 1. The molecular weight excluding hydrogens is 2050 g/mol. The number of carboxylic acids is 1. The molecule has 3 fully saturated rings. The van der Waals surface area contributed by atoms with Gasteiger partial charge >= 0.3 is 24.1 Å². The summed E-state index contributed by atoms with van der Waals surface area (Å²) in [6, 6.07) is 2.97. The molecule has 0 radical (unpaired) electrons. The molecule has 3 saturated heterocycles. The number of para-hydroxylation sites is 2. The van der Waals surface area contributed by atoms with E-state index in [2.05, 4.69) is 41.9 Å². The maximum Gasteiger partial charge on any atom is 0.408 e. The van der Waals surface area contributed by atoms with Gasteiger partial charge in [0.1, 0.15) is 83.3 Å². The average Bonchev–Trinajstić information content (AvgIpc) is 0.793. The number of aliphatic carboxylic acids is 1. The monoisotopic (exact) mass is 2190 g/mol. The van der Waals surface area contributed by atoms with Gasteiger partial charge in [-0.25, -0.2) is 24.4 Å². The van der Waals surface area contributed by atoms with Crippen molar-refractivity contribution in [1.82, 2.24) is 90.9 Å². The third kappa shape index (κ3) is 35.3. The van der Waals surface area contributed by atoms with Crippen LogP contribution in [0.1, 0.15) is 94.6 Å². The van der Waals surface area contributed by atoms with E-state index in [1.165, 1.54) is 205 Å². The summed E-state index contributed by atoms with van der Waals surface area (Å²) in [4.78, 5) is 300. The number of Topliss-reactive ketones (excluding diaryl/α,β-unsaturated/α-hetero) is 3. The van der Waals surface area contributed by atoms with Crippen LogP contribution in [0, 0.1) is 5.92 Å². The SMILES string of the molecule is CN[C@H]1CSSC[C@@H](C(=O)N(C)[C@@H](CSC)C(=O)N(C)C[C@@H](NC(=O)OC(C)(C)C)C(=O)NCC(=O)O)N(C)C(=O)CCC(=O)[C@H](NC(=O)OC(C)(C)C)CN(C)C(=O)[C@H](CSC)N(C)C1=O.CSC[C@H]1C(=O)N(C)C[C@@H](CC(=O)c2nc3ccccc3cc2O)C(=O)NCC(=O)N(C)[C@H]2CSSC[C@@H](C(=O)N1C)N(C)C(=O)CCC(=O)[C@H](NC(=O)c1nc3ccccc3cc1O)CN(C)C(=O)[C@H](CSC)[N+](C)(C)C2=O. The van der Waals surface area contributed by atoms with E-state index in [1.54, 1.807) is 122 Å². The molecule has 44 nitrogen and oxygen atoms in total. The Hall–Kier alpha value is -10.6. The first-order chi connectivity index (χ1) is 68.4. The van der Waals surface area contributed by atoms with E-state index in [9.17, 15) is 101 Å². The number of carbonyl (C=O) groups is 20. The summed E-state index contributed by atoms with van der Waals surface area (Å²) >= 11 is 5.09. The molecule has 4 aromatic rings. The van der Waals surface area contributed by atoms with Gasteiger partial charge in [-0.1, -0.05) is 79.6 Å². The predicted octanol–water partition coefficient (Wildman–Crippen LogP) is 2.58. The number of benzene rings is 2. The van der Waals surface area contributed by atoms with Crippen LogP contribution >= 0.6 is 90.2 Å². The van der Waals surface area contributed by atoms with E-state index >= 15 is 4.79 Å². The van der Waals surface area contributed by atoms with Crippen LogP contribution in [0.25, 0.3) is 21.8 Å². The number of likely N-dealkylation sites (N-methyl/N-ethyl adjacent to an activating group) is 12. The van der Waals surface area contributed by atoms with Gasteiger partial charge in [-0.05, 0) is 97.9 Å². The molecular formula is C94H138N19O25S8+. The van der Waals surface area contributed by atoms with Crippen LogP contribution in [-0.4, -0.2) is 477 Å². The molecule has 5 heterocycles. The minimum absolute atomic E-state index is 0.0344. The number of carbonyl (C=O) groups excluding carboxylic acids is 19. The standard InChI is InChI=1S/C53H66N10O12S4.C41H71N9O13S4/c1-58-24-32(22-42(66)46-41(65)20-30-14-10-12-16-33(30)55-46)48(70)54-23-45(69)61(4)38-28-79-78-27-37(51(73)62(5)36(26-76-8)50(58)72)60(3)44(68)19-18-40(64)35(25-59(2)52(74)39(29-77-9)63(6,7)53(38)75)57-49(71)47-43(67)21-31-15-11-13-17-34(31)56-47;1-40(2,3)62-38(60)44-24-18-46(8)35(57)27(21-64-13)49(11)34(56)26(42-7)20-66-67-23-29(48(10)31(52)16-15-30(24)51)37(59)50(12)28(22-65-14)36(58)47(9)19-25(33(55)43-17-32(53)54)45-39(61)63-41(4,5)6/h10-17,20-21,32,35-39H,18-19,22-29H2,1-9H3,(H3-,54,57,65,66,67,70,71);24-29,42H,15-23H2,1-14H3,(H,43,55)(H,44,60)(H,45,61)(H,53,54)/p+1/t32-,35-,36+,37+,38+,39+;24-,25-,26+,27+,28+,29+/m11/s1. The molecule has 2 aromatic carbocycles. The van der Waals surface area contributed by atoms with Gasteiger partial charge in [-0.3, -0.25) is 86.0 Å². The third-order valence-corrected chi connectivity index (χ3v) is 31.6. The molecule has 7 rings (SSSR count). The molecule has 146 heavy (non-hydrogen) atoms. The van der Waals surface area contributed by atoms with Crippen molar-refractivity contribution in [3.8, 4) is 11.5 Å². The molecule has 3 aliphatic rings. The first-order valence-electron chi connectivity index (χ1n) is 46.3. The van der Waals surface area contributed by atoms with Gasteiger partial charge in [0.25, 0.3) is 11.8 Å². The number of quaternary nitrogens is 1. The van der Waals surface area contributed by atoms with Crippen LogP contribution in [0.2, 0.25) is 0 Å². The van der Waals surface area contributed by atoms with Crippen LogP contribution in [0.5, 0.6) is 11.5 Å². The first kappa shape index (κ1) is 124. The molecule has 0 saturated carbocycles. The van der Waals surface area contributed by atoms with Crippen LogP contribution in [0.15, 0.2) is 60.7 Å². The second-order valence-electron chi connectivity index (χ2n) is 37.6. The Morgan fingerprint density at radius 2 is 1.03 bits per heavy atom. The lowest BCUT2D eigenvalue weighted by Gasteiger charge is -2.40. The highest BCUT2D eigenvalue weighted by Crippen LogP contribution is 2.34. The number of hydrogen-bond acceptors (Lipinski definition) is 35. The van der Waals surface area contributed by atoms with Crippen molar-refractivity contribution in [2.75, 3.05) is 202 Å². The van der Waals surface area contributed by atoms with Crippen LogP contribution < -0.4 is 31.9 Å². The molecule has 16 amide bonds. The van der Waals surface area contributed by atoms with Crippen molar-refractivity contribution in [3.05, 3.63) is 72.1 Å². The largest absolute Gasteiger partial charge is 0.506 e. The molecule has 2 aromatic heterocycles. The predicted molar refractivity (Wildman–Crippen MR) is 566 cm³/mol. The second kappa shape index (κ2) is 57.2. The molecule has 0 aliphatic carbocycles. The van der Waals surface area contributed by atoms with E-state index in [-0.39, 0.29) is 58.3 Å². The van der Waals surface area contributed by atoms with Crippen molar-refractivity contribution < 1.29 is 125 Å². The molecule has 806 valence electrons. The number of aromatic hydroxyl groups is 2. The number of rotatable bonds is 24. The fourth-order valence-electron chi connectivity index (χ4n) is 15.6. The van der Waals surface area contributed by atoms with Crippen LogP contribution in [0.3, 0.4) is 0 Å². The van der Waals surface area contributed by atoms with Crippen molar-refractivity contribution in [1.29, 1.82) is 0 Å². The number of nitrogens with zero attached hydrogens (tertiary/aromatic N) is 13. The van der Waals surface area contributed by atoms with Crippen molar-refractivity contribution in [2.45, 2.75) is 151 Å². The number of alkyl carbamates (subject to hydrolysis) is 2. The van der Waals surface area contributed by atoms with Crippen LogP contribution in [-0.2, 0) is 86.2 Å². The number of nitrogens with one attached hydrogen (secondary N) is 6. The maximum atomic E-state index is 15.2. The quantitative estimate of drug-likeness (QED) is 0.0276. The number of aromatic nitrogens is 2. The Labute approximate surface area is 883 Å². The Morgan fingerprint density at radius 1 is 0.555 bits per heavy atom. The van der Waals surface area contributed by atoms with Crippen molar-refractivity contribution in [3.63, 3.8) is 0 Å². The Bertz CT molecular complexity index is 5410. The van der Waals surface area contributed by atoms with E-state index < -0.39 is 288 Å². The van der Waals surface area contributed by atoms with E-state index in [0.717, 1.165) is 31.4 Å². The highest BCUT2D eigenvalue weighted by Gasteiger charge is 2.50. The summed E-state index contributed by atoms with van der Waals surface area (Å²) in [6.07, 6.45) is 2.71. The van der Waals surface area contributed by atoms with E-state index in [4.69, 9.17) is 14.6 Å². The second-order valence-corrected chi connectivity index (χ2v) is 46.4. The molecule has 3 aliphatic heterocycles. The highest BCUT2D eigenvalue weighted by atomic mass is 33.1. The summed E-state index contributed by atoms with van der Waals surface area (Å²) in [7, 11) is 23.3. The number of fused-ring (bicyclic) bond motifs is 7. The number of pyridine rings is 2. The zero-order valence-corrected chi connectivity index (χ0v) is 93.1.